The zero-order valence-electron chi connectivity index (χ0n) is 13.5. The second kappa shape index (κ2) is 6.82. The van der Waals surface area contributed by atoms with Crippen LogP contribution >= 0.6 is 0 Å². The molecule has 124 valence electrons. The summed E-state index contributed by atoms with van der Waals surface area (Å²) in [5.41, 5.74) is 2.28. The summed E-state index contributed by atoms with van der Waals surface area (Å²) in [5.74, 6) is -0.314. The van der Waals surface area contributed by atoms with Crippen molar-refractivity contribution >= 4 is 17.0 Å². The van der Waals surface area contributed by atoms with E-state index in [1.165, 1.54) is 0 Å². The molecule has 3 rings (SSSR count). The first-order chi connectivity index (χ1) is 11.7. The smallest absolute Gasteiger partial charge is 0.337 e. The lowest BCUT2D eigenvalue weighted by atomic mass is 10.2. The molecule has 6 heteroatoms. The van der Waals surface area contributed by atoms with E-state index in [0.717, 1.165) is 5.56 Å². The van der Waals surface area contributed by atoms with Crippen molar-refractivity contribution in [2.45, 2.75) is 12.8 Å². The number of imidazole rings is 1. The van der Waals surface area contributed by atoms with Crippen LogP contribution in [0.3, 0.4) is 0 Å². The Balaban J connectivity index is 2.27. The van der Waals surface area contributed by atoms with Gasteiger partial charge in [0.25, 0.3) is 0 Å². The number of aromatic nitrogens is 2. The Morgan fingerprint density at radius 2 is 1.83 bits per heavy atom. The highest BCUT2D eigenvalue weighted by Crippen LogP contribution is 2.28. The van der Waals surface area contributed by atoms with Crippen LogP contribution < -0.4 is 0 Å². The fourth-order valence-corrected chi connectivity index (χ4v) is 2.74. The maximum atomic E-state index is 11.6. The molecule has 0 amide bonds. The van der Waals surface area contributed by atoms with E-state index < -0.39 is 12.3 Å². The molecule has 0 spiro atoms. The van der Waals surface area contributed by atoms with E-state index in [2.05, 4.69) is 4.98 Å². The molecular formula is C18H18N2O4. The molecule has 3 aromatic rings. The Labute approximate surface area is 139 Å². The maximum absolute atomic E-state index is 11.6. The third-order valence-corrected chi connectivity index (χ3v) is 3.89. The second-order valence-electron chi connectivity index (χ2n) is 5.29. The van der Waals surface area contributed by atoms with Crippen molar-refractivity contribution < 1.29 is 19.4 Å². The van der Waals surface area contributed by atoms with Gasteiger partial charge in [0.1, 0.15) is 5.82 Å². The maximum Gasteiger partial charge on any atom is 0.337 e. The van der Waals surface area contributed by atoms with E-state index >= 15 is 0 Å². The predicted molar refractivity (Wildman–Crippen MR) is 89.9 cm³/mol. The van der Waals surface area contributed by atoms with Gasteiger partial charge in [-0.25, -0.2) is 9.78 Å². The third-order valence-electron chi connectivity index (χ3n) is 3.89. The monoisotopic (exact) mass is 326 g/mol. The minimum Gasteiger partial charge on any atom is -0.478 e. The summed E-state index contributed by atoms with van der Waals surface area (Å²) in [6, 6.07) is 14.7. The van der Waals surface area contributed by atoms with Crippen LogP contribution in [0.2, 0.25) is 0 Å². The second-order valence-corrected chi connectivity index (χ2v) is 5.29. The van der Waals surface area contributed by atoms with Gasteiger partial charge in [-0.15, -0.1) is 0 Å². The lowest BCUT2D eigenvalue weighted by molar-refractivity contribution is -0.110. The molecule has 0 unspecified atom stereocenters. The number of benzene rings is 2. The molecule has 0 saturated carbocycles. The van der Waals surface area contributed by atoms with Gasteiger partial charge < -0.3 is 19.1 Å². The van der Waals surface area contributed by atoms with Crippen molar-refractivity contribution in [2.24, 2.45) is 0 Å². The highest BCUT2D eigenvalue weighted by Gasteiger charge is 2.20. The van der Waals surface area contributed by atoms with Crippen LogP contribution in [0.4, 0.5) is 0 Å². The average Bonchev–Trinajstić information content (AvgIpc) is 2.98. The van der Waals surface area contributed by atoms with E-state index in [1.54, 1.807) is 32.4 Å². The molecule has 1 N–H and O–H groups in total. The number of carboxylic acids is 1. The highest BCUT2D eigenvalue weighted by molar-refractivity contribution is 6.02. The van der Waals surface area contributed by atoms with Gasteiger partial charge in [0.15, 0.2) is 6.29 Å². The standard InChI is InChI=1S/C18H18N2O4/c1-23-15(24-2)11-20-16-13(18(21)22)9-6-10-14(16)19-17(20)12-7-4-3-5-8-12/h3-10,15H,11H2,1-2H3,(H,21,22). The lowest BCUT2D eigenvalue weighted by Crippen LogP contribution is -2.21. The fraction of sp³-hybridized carbons (Fsp3) is 0.222. The number of para-hydroxylation sites is 1. The van der Waals surface area contributed by atoms with Crippen molar-refractivity contribution in [2.75, 3.05) is 14.2 Å². The molecule has 0 fully saturated rings. The predicted octanol–water partition coefficient (Wildman–Crippen LogP) is 3.02. The van der Waals surface area contributed by atoms with Gasteiger partial charge in [0, 0.05) is 19.8 Å². The first kappa shape index (κ1) is 16.2. The summed E-state index contributed by atoms with van der Waals surface area (Å²) < 4.78 is 12.4. The van der Waals surface area contributed by atoms with E-state index in [4.69, 9.17) is 9.47 Å². The number of nitrogens with zero attached hydrogens (tertiary/aromatic N) is 2. The number of methoxy groups -OCH3 is 2. The largest absolute Gasteiger partial charge is 0.478 e. The molecule has 1 aromatic heterocycles. The molecule has 0 aliphatic heterocycles. The molecule has 6 nitrogen and oxygen atoms in total. The van der Waals surface area contributed by atoms with Crippen LogP contribution in [0.25, 0.3) is 22.4 Å². The Morgan fingerprint density at radius 1 is 1.12 bits per heavy atom. The summed E-state index contributed by atoms with van der Waals surface area (Å²) in [6.45, 7) is 0.331. The normalized spacial score (nSPS) is 11.3. The van der Waals surface area contributed by atoms with Crippen LogP contribution in [-0.2, 0) is 16.0 Å². The Bertz CT molecular complexity index is 854. The van der Waals surface area contributed by atoms with Gasteiger partial charge >= 0.3 is 5.97 Å². The molecule has 0 aliphatic carbocycles. The number of hydrogen-bond acceptors (Lipinski definition) is 4. The number of rotatable bonds is 6. The Kier molecular flexibility index (Phi) is 4.59. The molecule has 2 aromatic carbocycles. The molecule has 0 atom stereocenters. The highest BCUT2D eigenvalue weighted by atomic mass is 16.7. The van der Waals surface area contributed by atoms with Crippen LogP contribution in [-0.4, -0.2) is 41.1 Å². The van der Waals surface area contributed by atoms with E-state index in [1.807, 2.05) is 34.9 Å². The van der Waals surface area contributed by atoms with E-state index in [-0.39, 0.29) is 5.56 Å². The van der Waals surface area contributed by atoms with Crippen molar-refractivity contribution in [3.8, 4) is 11.4 Å². The molecule has 24 heavy (non-hydrogen) atoms. The zero-order chi connectivity index (χ0) is 17.1. The number of ether oxygens (including phenoxy) is 2. The van der Waals surface area contributed by atoms with Crippen molar-refractivity contribution in [1.29, 1.82) is 0 Å². The molecule has 1 heterocycles. The zero-order valence-corrected chi connectivity index (χ0v) is 13.5. The van der Waals surface area contributed by atoms with Gasteiger partial charge in [0.2, 0.25) is 0 Å². The van der Waals surface area contributed by atoms with Crippen molar-refractivity contribution in [3.05, 3.63) is 54.1 Å². The molecule has 0 radical (unpaired) electrons. The number of aromatic carboxylic acids is 1. The summed E-state index contributed by atoms with van der Waals surface area (Å²) in [5, 5.41) is 9.53. The molecular weight excluding hydrogens is 308 g/mol. The molecule has 0 saturated heterocycles. The third kappa shape index (κ3) is 2.89. The van der Waals surface area contributed by atoms with Crippen LogP contribution in [0.5, 0.6) is 0 Å². The van der Waals surface area contributed by atoms with Gasteiger partial charge in [-0.2, -0.15) is 0 Å². The van der Waals surface area contributed by atoms with E-state index in [0.29, 0.717) is 23.4 Å². The van der Waals surface area contributed by atoms with Gasteiger partial charge in [-0.05, 0) is 12.1 Å². The quantitative estimate of drug-likeness (QED) is 0.705. The Hall–Kier alpha value is -2.70. The fourth-order valence-electron chi connectivity index (χ4n) is 2.74. The average molecular weight is 326 g/mol. The van der Waals surface area contributed by atoms with Gasteiger partial charge in [-0.3, -0.25) is 0 Å². The Morgan fingerprint density at radius 3 is 2.46 bits per heavy atom. The van der Waals surface area contributed by atoms with Crippen LogP contribution in [0, 0.1) is 0 Å². The summed E-state index contributed by atoms with van der Waals surface area (Å²) in [7, 11) is 3.10. The summed E-state index contributed by atoms with van der Waals surface area (Å²) in [6.07, 6.45) is -0.508. The number of carbonyl (C=O) groups is 1. The summed E-state index contributed by atoms with van der Waals surface area (Å²) in [4.78, 5) is 16.3. The lowest BCUT2D eigenvalue weighted by Gasteiger charge is -2.17. The van der Waals surface area contributed by atoms with Gasteiger partial charge in [-0.1, -0.05) is 36.4 Å². The van der Waals surface area contributed by atoms with Crippen molar-refractivity contribution in [1.82, 2.24) is 9.55 Å². The summed E-state index contributed by atoms with van der Waals surface area (Å²) >= 11 is 0. The molecule has 0 aliphatic rings. The van der Waals surface area contributed by atoms with Crippen LogP contribution in [0.15, 0.2) is 48.5 Å². The van der Waals surface area contributed by atoms with Gasteiger partial charge in [0.05, 0.1) is 23.1 Å². The van der Waals surface area contributed by atoms with Crippen molar-refractivity contribution in [3.63, 3.8) is 0 Å². The number of hydrogen-bond donors (Lipinski definition) is 1. The van der Waals surface area contributed by atoms with E-state index in [9.17, 15) is 9.90 Å². The minimum absolute atomic E-state index is 0.202. The number of fused-ring (bicyclic) bond motifs is 1. The van der Waals surface area contributed by atoms with Crippen LogP contribution in [0.1, 0.15) is 10.4 Å². The first-order valence-electron chi connectivity index (χ1n) is 7.49. The minimum atomic E-state index is -0.993. The molecule has 0 bridgehead atoms. The SMILES string of the molecule is COC(Cn1c(-c2ccccc2)nc2cccc(C(=O)O)c21)OC. The topological polar surface area (TPSA) is 73.6 Å². The number of carboxylic acid groups (broad SMARTS) is 1. The first-order valence-corrected chi connectivity index (χ1v) is 7.49.